The molecule has 17 heavy (non-hydrogen) atoms. The summed E-state index contributed by atoms with van der Waals surface area (Å²) in [6.45, 7) is 5.05. The number of amides is 2. The summed E-state index contributed by atoms with van der Waals surface area (Å²) in [6, 6.07) is -0.307. The molecule has 2 fully saturated rings. The summed E-state index contributed by atoms with van der Waals surface area (Å²) >= 11 is 0. The molecule has 2 aliphatic rings. The molecule has 0 spiro atoms. The van der Waals surface area contributed by atoms with Crippen molar-refractivity contribution in [3.05, 3.63) is 0 Å². The van der Waals surface area contributed by atoms with Crippen molar-refractivity contribution in [2.24, 2.45) is 5.92 Å². The zero-order chi connectivity index (χ0) is 12.3. The summed E-state index contributed by atoms with van der Waals surface area (Å²) in [5.74, 6) is 0.593. The molecule has 2 N–H and O–H groups in total. The summed E-state index contributed by atoms with van der Waals surface area (Å²) in [4.78, 5) is 25.4. The Labute approximate surface area is 102 Å². The molecule has 5 heteroatoms. The average molecular weight is 239 g/mol. The van der Waals surface area contributed by atoms with Crippen LogP contribution < -0.4 is 10.6 Å². The summed E-state index contributed by atoms with van der Waals surface area (Å²) in [6.07, 6.45) is 2.74. The first-order valence-corrected chi connectivity index (χ1v) is 6.46. The summed E-state index contributed by atoms with van der Waals surface area (Å²) < 4.78 is 0. The molecule has 0 aromatic carbocycles. The molecule has 0 bridgehead atoms. The molecule has 96 valence electrons. The van der Waals surface area contributed by atoms with Crippen molar-refractivity contribution in [3.8, 4) is 0 Å². The maximum Gasteiger partial charge on any atom is 0.242 e. The van der Waals surface area contributed by atoms with Crippen LogP contribution in [0.5, 0.6) is 0 Å². The third-order valence-corrected chi connectivity index (χ3v) is 3.74. The first-order chi connectivity index (χ1) is 8.18. The summed E-state index contributed by atoms with van der Waals surface area (Å²) in [5.41, 5.74) is 0. The Kier molecular flexibility index (Phi) is 3.99. The van der Waals surface area contributed by atoms with Gasteiger partial charge in [0.25, 0.3) is 0 Å². The van der Waals surface area contributed by atoms with Gasteiger partial charge in [0.05, 0.1) is 0 Å². The fourth-order valence-corrected chi connectivity index (χ4v) is 2.57. The Morgan fingerprint density at radius 1 is 1.35 bits per heavy atom. The van der Waals surface area contributed by atoms with Crippen molar-refractivity contribution in [2.75, 3.05) is 26.2 Å². The number of piperidine rings is 1. The minimum Gasteiger partial charge on any atom is -0.353 e. The Balaban J connectivity index is 1.87. The molecule has 2 heterocycles. The van der Waals surface area contributed by atoms with E-state index in [0.29, 0.717) is 25.4 Å². The minimum atomic E-state index is -0.307. The maximum atomic E-state index is 12.1. The predicted octanol–water partition coefficient (Wildman–Crippen LogP) is -0.277. The van der Waals surface area contributed by atoms with E-state index in [1.165, 1.54) is 0 Å². The zero-order valence-corrected chi connectivity index (χ0v) is 10.4. The van der Waals surface area contributed by atoms with Crippen molar-refractivity contribution in [3.63, 3.8) is 0 Å². The smallest absolute Gasteiger partial charge is 0.242 e. The van der Waals surface area contributed by atoms with Gasteiger partial charge in [0.2, 0.25) is 11.8 Å². The molecule has 2 rings (SSSR count). The van der Waals surface area contributed by atoms with Crippen LogP contribution in [-0.4, -0.2) is 48.9 Å². The average Bonchev–Trinajstić information content (AvgIpc) is 2.34. The van der Waals surface area contributed by atoms with Crippen molar-refractivity contribution < 1.29 is 9.59 Å². The second kappa shape index (κ2) is 5.49. The molecular weight excluding hydrogens is 218 g/mol. The fourth-order valence-electron chi connectivity index (χ4n) is 2.57. The van der Waals surface area contributed by atoms with Gasteiger partial charge in [-0.2, -0.15) is 0 Å². The first-order valence-electron chi connectivity index (χ1n) is 6.46. The lowest BCUT2D eigenvalue weighted by Crippen LogP contribution is -2.56. The first kappa shape index (κ1) is 12.4. The maximum absolute atomic E-state index is 12.1. The van der Waals surface area contributed by atoms with Crippen LogP contribution in [0.15, 0.2) is 0 Å². The number of piperazine rings is 1. The molecule has 1 atom stereocenters. The van der Waals surface area contributed by atoms with Crippen LogP contribution in [0.3, 0.4) is 0 Å². The molecular formula is C12H21N3O2. The number of hydrogen-bond acceptors (Lipinski definition) is 3. The summed E-state index contributed by atoms with van der Waals surface area (Å²) in [5, 5.41) is 6.07. The lowest BCUT2D eigenvalue weighted by molar-refractivity contribution is -0.143. The van der Waals surface area contributed by atoms with Crippen LogP contribution in [0.25, 0.3) is 0 Å². The third kappa shape index (κ3) is 2.97. The minimum absolute atomic E-state index is 0.0325. The van der Waals surface area contributed by atoms with Gasteiger partial charge in [-0.25, -0.2) is 0 Å². The van der Waals surface area contributed by atoms with E-state index >= 15 is 0 Å². The molecule has 0 aromatic rings. The molecule has 2 saturated heterocycles. The van der Waals surface area contributed by atoms with Gasteiger partial charge < -0.3 is 15.5 Å². The van der Waals surface area contributed by atoms with Crippen LogP contribution in [0.4, 0.5) is 0 Å². The highest BCUT2D eigenvalue weighted by Gasteiger charge is 2.30. The lowest BCUT2D eigenvalue weighted by atomic mass is 9.93. The molecule has 2 amide bonds. The molecule has 0 aromatic heterocycles. The van der Waals surface area contributed by atoms with E-state index in [1.54, 1.807) is 11.8 Å². The van der Waals surface area contributed by atoms with Crippen LogP contribution in [0.2, 0.25) is 0 Å². The predicted molar refractivity (Wildman–Crippen MR) is 64.4 cm³/mol. The number of rotatable bonds is 2. The topological polar surface area (TPSA) is 61.4 Å². The quantitative estimate of drug-likeness (QED) is 0.697. The van der Waals surface area contributed by atoms with Crippen molar-refractivity contribution in [1.29, 1.82) is 0 Å². The highest BCUT2D eigenvalue weighted by Crippen LogP contribution is 2.18. The molecule has 2 aliphatic heterocycles. The van der Waals surface area contributed by atoms with E-state index in [1.807, 2.05) is 0 Å². The standard InChI is InChI=1S/C12H21N3O2/c1-9-12(17)14-6-7-15(9)11(16)8-10-2-4-13-5-3-10/h9-10,13H,2-8H2,1H3,(H,14,17). The normalized spacial score (nSPS) is 26.8. The van der Waals surface area contributed by atoms with Gasteiger partial charge in [-0.05, 0) is 38.8 Å². The molecule has 5 nitrogen and oxygen atoms in total. The number of hydrogen-bond donors (Lipinski definition) is 2. The fraction of sp³-hybridized carbons (Fsp3) is 0.833. The molecule has 0 aliphatic carbocycles. The van der Waals surface area contributed by atoms with E-state index in [4.69, 9.17) is 0 Å². The molecule has 1 unspecified atom stereocenters. The second-order valence-corrected chi connectivity index (χ2v) is 4.95. The van der Waals surface area contributed by atoms with Gasteiger partial charge >= 0.3 is 0 Å². The monoisotopic (exact) mass is 239 g/mol. The van der Waals surface area contributed by atoms with E-state index < -0.39 is 0 Å². The number of carbonyl (C=O) groups is 2. The third-order valence-electron chi connectivity index (χ3n) is 3.74. The highest BCUT2D eigenvalue weighted by molar-refractivity contribution is 5.88. The van der Waals surface area contributed by atoms with Gasteiger partial charge in [-0.1, -0.05) is 0 Å². The Morgan fingerprint density at radius 3 is 2.76 bits per heavy atom. The SMILES string of the molecule is CC1C(=O)NCCN1C(=O)CC1CCNCC1. The second-order valence-electron chi connectivity index (χ2n) is 4.95. The van der Waals surface area contributed by atoms with Crippen molar-refractivity contribution in [2.45, 2.75) is 32.2 Å². The Hall–Kier alpha value is -1.10. The van der Waals surface area contributed by atoms with Crippen LogP contribution in [0, 0.1) is 5.92 Å². The largest absolute Gasteiger partial charge is 0.353 e. The number of nitrogens with zero attached hydrogens (tertiary/aromatic N) is 1. The number of nitrogens with one attached hydrogen (secondary N) is 2. The van der Waals surface area contributed by atoms with Gasteiger partial charge in [0.1, 0.15) is 6.04 Å². The lowest BCUT2D eigenvalue weighted by Gasteiger charge is -2.34. The van der Waals surface area contributed by atoms with E-state index in [9.17, 15) is 9.59 Å². The van der Waals surface area contributed by atoms with Crippen molar-refractivity contribution >= 4 is 11.8 Å². The van der Waals surface area contributed by atoms with Crippen LogP contribution in [0.1, 0.15) is 26.2 Å². The van der Waals surface area contributed by atoms with E-state index in [0.717, 1.165) is 25.9 Å². The Morgan fingerprint density at radius 2 is 2.06 bits per heavy atom. The molecule has 0 saturated carbocycles. The molecule has 0 radical (unpaired) electrons. The van der Waals surface area contributed by atoms with Gasteiger partial charge in [0, 0.05) is 19.5 Å². The zero-order valence-electron chi connectivity index (χ0n) is 10.4. The van der Waals surface area contributed by atoms with Crippen molar-refractivity contribution in [1.82, 2.24) is 15.5 Å². The van der Waals surface area contributed by atoms with Crippen LogP contribution in [-0.2, 0) is 9.59 Å². The van der Waals surface area contributed by atoms with E-state index in [-0.39, 0.29) is 17.9 Å². The highest BCUT2D eigenvalue weighted by atomic mass is 16.2. The van der Waals surface area contributed by atoms with Gasteiger partial charge in [0.15, 0.2) is 0 Å². The summed E-state index contributed by atoms with van der Waals surface area (Å²) in [7, 11) is 0. The van der Waals surface area contributed by atoms with Gasteiger partial charge in [-0.3, -0.25) is 9.59 Å². The Bertz CT molecular complexity index is 300. The number of carbonyl (C=O) groups excluding carboxylic acids is 2. The van der Waals surface area contributed by atoms with Gasteiger partial charge in [-0.15, -0.1) is 0 Å². The van der Waals surface area contributed by atoms with E-state index in [2.05, 4.69) is 10.6 Å². The van der Waals surface area contributed by atoms with Crippen LogP contribution >= 0.6 is 0 Å².